The molecule has 1 aliphatic rings. The maximum Gasteiger partial charge on any atom is 0.186 e. The molecule has 0 bridgehead atoms. The minimum absolute atomic E-state index is 0.254. The van der Waals surface area contributed by atoms with Gasteiger partial charge in [-0.1, -0.05) is 6.42 Å². The van der Waals surface area contributed by atoms with Gasteiger partial charge in [0, 0.05) is 12.4 Å². The Kier molecular flexibility index (Phi) is 7.93. The van der Waals surface area contributed by atoms with E-state index in [2.05, 4.69) is 25.3 Å². The van der Waals surface area contributed by atoms with Gasteiger partial charge in [0.1, 0.15) is 18.3 Å². The first-order valence-electron chi connectivity index (χ1n) is 6.14. The van der Waals surface area contributed by atoms with Crippen molar-refractivity contribution in [1.82, 2.24) is 0 Å². The summed E-state index contributed by atoms with van der Waals surface area (Å²) in [4.78, 5) is 0. The highest BCUT2D eigenvalue weighted by atomic mass is 32.1. The van der Waals surface area contributed by atoms with Crippen LogP contribution in [0.15, 0.2) is 0 Å². The van der Waals surface area contributed by atoms with Gasteiger partial charge in [0.25, 0.3) is 0 Å². The van der Waals surface area contributed by atoms with E-state index in [-0.39, 0.29) is 5.75 Å². The van der Waals surface area contributed by atoms with Crippen LogP contribution in [0.3, 0.4) is 0 Å². The topological polar surface area (TPSA) is 79.2 Å². The van der Waals surface area contributed by atoms with E-state index in [9.17, 15) is 15.3 Å². The fraction of sp³-hybridized carbons (Fsp3) is 1.00. The molecule has 0 aromatic heterocycles. The van der Waals surface area contributed by atoms with E-state index >= 15 is 0 Å². The lowest BCUT2D eigenvalue weighted by Gasteiger charge is -2.39. The van der Waals surface area contributed by atoms with Crippen LogP contribution < -0.4 is 0 Å². The van der Waals surface area contributed by atoms with E-state index in [0.717, 1.165) is 25.0 Å². The number of hydrogen-bond acceptors (Lipinski definition) is 7. The average molecular weight is 298 g/mol. The average Bonchev–Trinajstić information content (AvgIpc) is 2.38. The maximum absolute atomic E-state index is 9.73. The molecule has 18 heavy (non-hydrogen) atoms. The second-order valence-corrected chi connectivity index (χ2v) is 5.16. The van der Waals surface area contributed by atoms with E-state index in [0.29, 0.717) is 6.61 Å². The molecule has 0 aliphatic carbocycles. The van der Waals surface area contributed by atoms with Crippen molar-refractivity contribution in [3.8, 4) is 0 Å². The van der Waals surface area contributed by atoms with Gasteiger partial charge in [0.2, 0.25) is 0 Å². The van der Waals surface area contributed by atoms with Crippen molar-refractivity contribution < 1.29 is 24.8 Å². The first-order chi connectivity index (χ1) is 8.61. The molecule has 0 aromatic carbocycles. The first kappa shape index (κ1) is 16.6. The molecule has 0 aromatic rings. The molecule has 1 aliphatic heterocycles. The Morgan fingerprint density at radius 3 is 2.28 bits per heavy atom. The van der Waals surface area contributed by atoms with Crippen LogP contribution in [0.25, 0.3) is 0 Å². The molecule has 1 fully saturated rings. The van der Waals surface area contributed by atoms with Crippen molar-refractivity contribution in [3.63, 3.8) is 0 Å². The SMILES string of the molecule is OC1[C@@H](O)C(CS)O[C@@H](OCCCCCS)[C@@H]1O. The number of rotatable bonds is 7. The zero-order valence-electron chi connectivity index (χ0n) is 10.2. The van der Waals surface area contributed by atoms with Crippen LogP contribution in [-0.4, -0.2) is 64.1 Å². The molecule has 108 valence electrons. The molecule has 1 rings (SSSR count). The lowest BCUT2D eigenvalue weighted by atomic mass is 10.00. The van der Waals surface area contributed by atoms with E-state index in [4.69, 9.17) is 9.47 Å². The van der Waals surface area contributed by atoms with Gasteiger partial charge in [-0.15, -0.1) is 0 Å². The number of unbranched alkanes of at least 4 members (excludes halogenated alkanes) is 2. The largest absolute Gasteiger partial charge is 0.388 e. The summed E-state index contributed by atoms with van der Waals surface area (Å²) in [6.45, 7) is 0.442. The second kappa shape index (κ2) is 8.63. The monoisotopic (exact) mass is 298 g/mol. The van der Waals surface area contributed by atoms with Crippen LogP contribution in [0.1, 0.15) is 19.3 Å². The Hall–Kier alpha value is 0.500. The summed E-state index contributed by atoms with van der Waals surface area (Å²) >= 11 is 8.14. The summed E-state index contributed by atoms with van der Waals surface area (Å²) in [5.74, 6) is 1.10. The van der Waals surface area contributed by atoms with Gasteiger partial charge < -0.3 is 24.8 Å². The molecule has 0 radical (unpaired) electrons. The molecule has 5 atom stereocenters. The van der Waals surface area contributed by atoms with Gasteiger partial charge >= 0.3 is 0 Å². The molecule has 5 nitrogen and oxygen atoms in total. The van der Waals surface area contributed by atoms with E-state index in [1.807, 2.05) is 0 Å². The Bertz CT molecular complexity index is 229. The maximum atomic E-state index is 9.73. The quantitative estimate of drug-likeness (QED) is 0.333. The van der Waals surface area contributed by atoms with Crippen LogP contribution >= 0.6 is 25.3 Å². The van der Waals surface area contributed by atoms with Gasteiger partial charge in [0.05, 0.1) is 6.10 Å². The van der Waals surface area contributed by atoms with Gasteiger partial charge in [-0.05, 0) is 18.6 Å². The highest BCUT2D eigenvalue weighted by Crippen LogP contribution is 2.23. The first-order valence-corrected chi connectivity index (χ1v) is 7.41. The lowest BCUT2D eigenvalue weighted by molar-refractivity contribution is -0.292. The van der Waals surface area contributed by atoms with Crippen LogP contribution in [-0.2, 0) is 9.47 Å². The molecule has 0 spiro atoms. The summed E-state index contributed by atoms with van der Waals surface area (Å²) in [6.07, 6.45) is -2.32. The zero-order chi connectivity index (χ0) is 13.5. The normalized spacial score (nSPS) is 36.8. The van der Waals surface area contributed by atoms with Crippen LogP contribution in [0.5, 0.6) is 0 Å². The van der Waals surface area contributed by atoms with Crippen molar-refractivity contribution in [3.05, 3.63) is 0 Å². The molecule has 0 saturated carbocycles. The summed E-state index contributed by atoms with van der Waals surface area (Å²) in [7, 11) is 0. The summed E-state index contributed by atoms with van der Waals surface area (Å²) < 4.78 is 10.8. The Morgan fingerprint density at radius 1 is 0.944 bits per heavy atom. The minimum Gasteiger partial charge on any atom is -0.388 e. The van der Waals surface area contributed by atoms with Gasteiger partial charge in [-0.2, -0.15) is 25.3 Å². The van der Waals surface area contributed by atoms with Crippen LogP contribution in [0.2, 0.25) is 0 Å². The van der Waals surface area contributed by atoms with E-state index in [1.165, 1.54) is 0 Å². The molecule has 0 amide bonds. The predicted octanol–water partition coefficient (Wildman–Crippen LogP) is -0.160. The van der Waals surface area contributed by atoms with E-state index in [1.54, 1.807) is 0 Å². The molecule has 1 heterocycles. The molecular formula is C11H22O5S2. The standard InChI is InChI=1S/C11H22O5S2/c12-8-7(6-18)16-11(10(14)9(8)13)15-4-2-1-3-5-17/h7-14,17-18H,1-6H2/t7?,8-,9?,10+,11+/m0/s1. The number of ether oxygens (including phenoxy) is 2. The number of hydrogen-bond donors (Lipinski definition) is 5. The predicted molar refractivity (Wildman–Crippen MR) is 74.2 cm³/mol. The molecular weight excluding hydrogens is 276 g/mol. The van der Waals surface area contributed by atoms with E-state index < -0.39 is 30.7 Å². The lowest BCUT2D eigenvalue weighted by Crippen LogP contribution is -2.58. The van der Waals surface area contributed by atoms with Crippen molar-refractivity contribution >= 4 is 25.3 Å². The summed E-state index contributed by atoms with van der Waals surface area (Å²) in [6, 6.07) is 0. The van der Waals surface area contributed by atoms with Gasteiger partial charge in [-0.3, -0.25) is 0 Å². The smallest absolute Gasteiger partial charge is 0.186 e. The van der Waals surface area contributed by atoms with Gasteiger partial charge in [0.15, 0.2) is 6.29 Å². The Morgan fingerprint density at radius 2 is 1.67 bits per heavy atom. The summed E-state index contributed by atoms with van der Waals surface area (Å²) in [5, 5.41) is 29.0. The Labute approximate surface area is 118 Å². The Balaban J connectivity index is 2.35. The highest BCUT2D eigenvalue weighted by molar-refractivity contribution is 7.80. The van der Waals surface area contributed by atoms with Crippen molar-refractivity contribution in [2.75, 3.05) is 18.1 Å². The fourth-order valence-electron chi connectivity index (χ4n) is 1.80. The third-order valence-electron chi connectivity index (χ3n) is 2.93. The van der Waals surface area contributed by atoms with Crippen molar-refractivity contribution in [2.24, 2.45) is 0 Å². The second-order valence-electron chi connectivity index (χ2n) is 4.35. The molecule has 3 N–H and O–H groups in total. The van der Waals surface area contributed by atoms with Gasteiger partial charge in [-0.25, -0.2) is 0 Å². The molecule has 7 heteroatoms. The van der Waals surface area contributed by atoms with Crippen LogP contribution in [0.4, 0.5) is 0 Å². The minimum atomic E-state index is -1.27. The molecule has 2 unspecified atom stereocenters. The van der Waals surface area contributed by atoms with Crippen molar-refractivity contribution in [2.45, 2.75) is 50.0 Å². The number of aliphatic hydroxyl groups excluding tert-OH is 3. The third-order valence-corrected chi connectivity index (χ3v) is 3.61. The number of aliphatic hydroxyl groups is 3. The third kappa shape index (κ3) is 4.56. The fourth-order valence-corrected chi connectivity index (χ4v) is 2.32. The molecule has 1 saturated heterocycles. The highest BCUT2D eigenvalue weighted by Gasteiger charge is 2.43. The number of thiol groups is 2. The van der Waals surface area contributed by atoms with Crippen LogP contribution in [0, 0.1) is 0 Å². The van der Waals surface area contributed by atoms with Crippen molar-refractivity contribution in [1.29, 1.82) is 0 Å². The summed E-state index contributed by atoms with van der Waals surface area (Å²) in [5.41, 5.74) is 0. The zero-order valence-corrected chi connectivity index (χ0v) is 12.0.